The van der Waals surface area contributed by atoms with Gasteiger partial charge in [0.25, 0.3) is 5.91 Å². The number of benzene rings is 1. The number of imidazole rings is 1. The Morgan fingerprint density at radius 1 is 1.19 bits per heavy atom. The van der Waals surface area contributed by atoms with E-state index in [0.717, 1.165) is 29.0 Å². The van der Waals surface area contributed by atoms with Gasteiger partial charge in [0.1, 0.15) is 5.65 Å². The minimum atomic E-state index is -0.185. The van der Waals surface area contributed by atoms with Crippen LogP contribution >= 0.6 is 11.3 Å². The number of rotatable bonds is 4. The number of hydrogen-bond acceptors (Lipinski definition) is 4. The molecule has 1 N–H and O–H groups in total. The fourth-order valence-electron chi connectivity index (χ4n) is 2.79. The van der Waals surface area contributed by atoms with E-state index in [4.69, 9.17) is 0 Å². The van der Waals surface area contributed by atoms with E-state index >= 15 is 0 Å². The number of nitrogens with zero attached hydrogens (tertiary/aromatic N) is 3. The molecule has 1 aromatic carbocycles. The Bertz CT molecular complexity index is 1080. The number of carbonyl (C=O) groups excluding carboxylic acids is 1. The Hall–Kier alpha value is -2.99. The van der Waals surface area contributed by atoms with Gasteiger partial charge in [-0.3, -0.25) is 10.1 Å². The van der Waals surface area contributed by atoms with Crippen molar-refractivity contribution < 1.29 is 4.79 Å². The quantitative estimate of drug-likeness (QED) is 0.578. The van der Waals surface area contributed by atoms with Crippen LogP contribution in [0.25, 0.3) is 16.9 Å². The molecule has 0 saturated carbocycles. The molecule has 0 bridgehead atoms. The van der Waals surface area contributed by atoms with Crippen molar-refractivity contribution in [3.63, 3.8) is 0 Å². The van der Waals surface area contributed by atoms with E-state index in [1.54, 1.807) is 12.1 Å². The zero-order chi connectivity index (χ0) is 18.1. The Kier molecular flexibility index (Phi) is 4.26. The second kappa shape index (κ2) is 6.72. The lowest BCUT2D eigenvalue weighted by molar-refractivity contribution is 0.102. The smallest absolute Gasteiger partial charge is 0.257 e. The van der Waals surface area contributed by atoms with Crippen molar-refractivity contribution in [3.8, 4) is 11.3 Å². The standard InChI is InChI=1S/C20H18N4OS/c1-3-14-4-6-15(7-5-14)17-12-26-20(22-17)23-19(25)16-8-9-24-11-13(2)21-18(24)10-16/h4-12H,3H2,1-2H3,(H,22,23,25). The van der Waals surface area contributed by atoms with Crippen molar-refractivity contribution in [2.45, 2.75) is 20.3 Å². The average molecular weight is 362 g/mol. The molecule has 3 heterocycles. The molecule has 4 aromatic rings. The largest absolute Gasteiger partial charge is 0.307 e. The monoisotopic (exact) mass is 362 g/mol. The number of pyridine rings is 1. The Balaban J connectivity index is 1.52. The summed E-state index contributed by atoms with van der Waals surface area (Å²) < 4.78 is 1.90. The maximum Gasteiger partial charge on any atom is 0.257 e. The first-order chi connectivity index (χ1) is 12.6. The molecule has 0 atom stereocenters. The highest BCUT2D eigenvalue weighted by Gasteiger charge is 2.11. The molecule has 0 fully saturated rings. The van der Waals surface area contributed by atoms with E-state index in [0.29, 0.717) is 10.7 Å². The number of hydrogen-bond donors (Lipinski definition) is 1. The summed E-state index contributed by atoms with van der Waals surface area (Å²) in [6.07, 6.45) is 4.78. The van der Waals surface area contributed by atoms with Gasteiger partial charge in [0.2, 0.25) is 0 Å². The van der Waals surface area contributed by atoms with E-state index in [-0.39, 0.29) is 5.91 Å². The Labute approximate surface area is 155 Å². The molecule has 6 heteroatoms. The highest BCUT2D eigenvalue weighted by molar-refractivity contribution is 7.14. The van der Waals surface area contributed by atoms with Crippen LogP contribution < -0.4 is 5.32 Å². The molecule has 0 saturated heterocycles. The van der Waals surface area contributed by atoms with Crippen LogP contribution in [0.5, 0.6) is 0 Å². The third-order valence-electron chi connectivity index (χ3n) is 4.23. The lowest BCUT2D eigenvalue weighted by Crippen LogP contribution is -2.12. The number of aromatic nitrogens is 3. The maximum atomic E-state index is 12.5. The first-order valence-corrected chi connectivity index (χ1v) is 9.32. The number of nitrogens with one attached hydrogen (secondary N) is 1. The number of fused-ring (bicyclic) bond motifs is 1. The highest BCUT2D eigenvalue weighted by Crippen LogP contribution is 2.25. The van der Waals surface area contributed by atoms with E-state index in [9.17, 15) is 4.79 Å². The first kappa shape index (κ1) is 16.5. The van der Waals surface area contributed by atoms with Crippen LogP contribution in [0.3, 0.4) is 0 Å². The summed E-state index contributed by atoms with van der Waals surface area (Å²) in [6, 6.07) is 11.9. The second-order valence-electron chi connectivity index (χ2n) is 6.11. The SMILES string of the molecule is CCc1ccc(-c2csc(NC(=O)c3ccn4cc(C)nc4c3)n2)cc1. The van der Waals surface area contributed by atoms with Crippen LogP contribution in [0.15, 0.2) is 54.2 Å². The van der Waals surface area contributed by atoms with Crippen LogP contribution in [0.2, 0.25) is 0 Å². The van der Waals surface area contributed by atoms with Crippen molar-refractivity contribution in [3.05, 3.63) is 71.0 Å². The summed E-state index contributed by atoms with van der Waals surface area (Å²) in [7, 11) is 0. The number of thiazole rings is 1. The van der Waals surface area contributed by atoms with Gasteiger partial charge in [0.05, 0.1) is 11.4 Å². The van der Waals surface area contributed by atoms with E-state index in [1.807, 2.05) is 29.1 Å². The van der Waals surface area contributed by atoms with E-state index in [1.165, 1.54) is 16.9 Å². The minimum absolute atomic E-state index is 0.185. The highest BCUT2D eigenvalue weighted by atomic mass is 32.1. The number of aryl methyl sites for hydroxylation is 2. The van der Waals surface area contributed by atoms with Gasteiger partial charge in [-0.05, 0) is 31.0 Å². The molecule has 3 aromatic heterocycles. The molecular weight excluding hydrogens is 344 g/mol. The average Bonchev–Trinajstić information content (AvgIpc) is 3.26. The van der Waals surface area contributed by atoms with Crippen molar-refractivity contribution in [2.75, 3.05) is 5.32 Å². The van der Waals surface area contributed by atoms with Gasteiger partial charge in [0.15, 0.2) is 5.13 Å². The van der Waals surface area contributed by atoms with Gasteiger partial charge in [0, 0.05) is 28.9 Å². The summed E-state index contributed by atoms with van der Waals surface area (Å²) in [5, 5.41) is 5.42. The fourth-order valence-corrected chi connectivity index (χ4v) is 3.51. The molecule has 26 heavy (non-hydrogen) atoms. The molecule has 5 nitrogen and oxygen atoms in total. The van der Waals surface area contributed by atoms with Gasteiger partial charge in [-0.2, -0.15) is 0 Å². The zero-order valence-electron chi connectivity index (χ0n) is 14.6. The Morgan fingerprint density at radius 2 is 2.00 bits per heavy atom. The molecule has 0 spiro atoms. The van der Waals surface area contributed by atoms with Crippen molar-refractivity contribution in [1.29, 1.82) is 0 Å². The molecule has 130 valence electrons. The molecule has 0 aliphatic rings. The van der Waals surface area contributed by atoms with Gasteiger partial charge < -0.3 is 4.40 Å². The third kappa shape index (κ3) is 3.23. The number of amides is 1. The predicted molar refractivity (Wildman–Crippen MR) is 105 cm³/mol. The van der Waals surface area contributed by atoms with E-state index < -0.39 is 0 Å². The van der Waals surface area contributed by atoms with Crippen LogP contribution in [-0.2, 0) is 6.42 Å². The maximum absolute atomic E-state index is 12.5. The normalized spacial score (nSPS) is 11.0. The third-order valence-corrected chi connectivity index (χ3v) is 4.98. The lowest BCUT2D eigenvalue weighted by Gasteiger charge is -2.02. The summed E-state index contributed by atoms with van der Waals surface area (Å²) in [4.78, 5) is 21.4. The minimum Gasteiger partial charge on any atom is -0.307 e. The summed E-state index contributed by atoms with van der Waals surface area (Å²) in [5.74, 6) is -0.185. The first-order valence-electron chi connectivity index (χ1n) is 8.44. The summed E-state index contributed by atoms with van der Waals surface area (Å²) in [6.45, 7) is 4.06. The summed E-state index contributed by atoms with van der Waals surface area (Å²) >= 11 is 1.42. The molecule has 1 amide bonds. The van der Waals surface area contributed by atoms with Crippen LogP contribution in [0.4, 0.5) is 5.13 Å². The number of carbonyl (C=O) groups is 1. The molecule has 4 rings (SSSR count). The topological polar surface area (TPSA) is 59.3 Å². The van der Waals surface area contributed by atoms with Crippen LogP contribution in [0.1, 0.15) is 28.5 Å². The Morgan fingerprint density at radius 3 is 2.77 bits per heavy atom. The lowest BCUT2D eigenvalue weighted by atomic mass is 10.1. The van der Waals surface area contributed by atoms with Crippen LogP contribution in [0, 0.1) is 6.92 Å². The van der Waals surface area contributed by atoms with Gasteiger partial charge in [-0.15, -0.1) is 11.3 Å². The second-order valence-corrected chi connectivity index (χ2v) is 6.96. The van der Waals surface area contributed by atoms with Crippen molar-refractivity contribution >= 4 is 28.0 Å². The fraction of sp³-hybridized carbons (Fsp3) is 0.150. The van der Waals surface area contributed by atoms with Crippen molar-refractivity contribution in [2.24, 2.45) is 0 Å². The van der Waals surface area contributed by atoms with Gasteiger partial charge in [-0.25, -0.2) is 9.97 Å². The summed E-state index contributed by atoms with van der Waals surface area (Å²) in [5.41, 5.74) is 5.45. The number of anilines is 1. The molecular formula is C20H18N4OS. The van der Waals surface area contributed by atoms with E-state index in [2.05, 4.69) is 46.5 Å². The predicted octanol–water partition coefficient (Wildman–Crippen LogP) is 4.58. The van der Waals surface area contributed by atoms with Gasteiger partial charge >= 0.3 is 0 Å². The molecule has 0 radical (unpaired) electrons. The van der Waals surface area contributed by atoms with Crippen molar-refractivity contribution in [1.82, 2.24) is 14.4 Å². The molecule has 0 unspecified atom stereocenters. The molecule has 0 aliphatic heterocycles. The molecule has 0 aliphatic carbocycles. The van der Waals surface area contributed by atoms with Gasteiger partial charge in [-0.1, -0.05) is 31.2 Å². The zero-order valence-corrected chi connectivity index (χ0v) is 15.4. The van der Waals surface area contributed by atoms with Crippen LogP contribution in [-0.4, -0.2) is 20.3 Å².